The number of hydrogen-bond acceptors (Lipinski definition) is 4. The summed E-state index contributed by atoms with van der Waals surface area (Å²) in [4.78, 5) is 0. The first-order valence-electron chi connectivity index (χ1n) is 6.79. The molecule has 2 heterocycles. The lowest BCUT2D eigenvalue weighted by Gasteiger charge is -2.18. The first kappa shape index (κ1) is 12.6. The first-order chi connectivity index (χ1) is 9.02. The monoisotopic (exact) mass is 264 g/mol. The van der Waals surface area contributed by atoms with E-state index in [1.54, 1.807) is 14.0 Å². The van der Waals surface area contributed by atoms with E-state index in [1.807, 2.05) is 13.8 Å². The average Bonchev–Trinajstić information content (AvgIpc) is 2.86. The molecule has 0 aromatic heterocycles. The van der Waals surface area contributed by atoms with Crippen LogP contribution in [0.2, 0.25) is 0 Å². The smallest absolute Gasteiger partial charge is 0.168 e. The molecular formula is C15H20O4. The van der Waals surface area contributed by atoms with E-state index < -0.39 is 6.10 Å². The van der Waals surface area contributed by atoms with Crippen LogP contribution in [0.15, 0.2) is 0 Å². The minimum Gasteiger partial charge on any atom is -0.492 e. The number of methoxy groups -OCH3 is 1. The zero-order valence-corrected chi connectivity index (χ0v) is 11.8. The van der Waals surface area contributed by atoms with Crippen molar-refractivity contribution >= 4 is 0 Å². The highest BCUT2D eigenvalue weighted by molar-refractivity contribution is 5.66. The van der Waals surface area contributed by atoms with Gasteiger partial charge < -0.3 is 19.3 Å². The van der Waals surface area contributed by atoms with E-state index in [0.29, 0.717) is 0 Å². The van der Waals surface area contributed by atoms with Crippen LogP contribution in [0.1, 0.15) is 43.6 Å². The SMILES string of the molecule is COc1c2c(c(C(C)O)c3c1OC(C)C3)OC(C)C2. The molecule has 0 bridgehead atoms. The van der Waals surface area contributed by atoms with Gasteiger partial charge in [0, 0.05) is 29.5 Å². The average molecular weight is 264 g/mol. The molecule has 104 valence electrons. The number of rotatable bonds is 2. The second-order valence-electron chi connectivity index (χ2n) is 5.50. The van der Waals surface area contributed by atoms with Gasteiger partial charge in [-0.1, -0.05) is 0 Å². The normalized spacial score (nSPS) is 25.3. The van der Waals surface area contributed by atoms with Crippen LogP contribution in [0, 0.1) is 0 Å². The molecule has 2 aliphatic rings. The summed E-state index contributed by atoms with van der Waals surface area (Å²) in [5.74, 6) is 2.38. The summed E-state index contributed by atoms with van der Waals surface area (Å²) in [6.45, 7) is 5.83. The van der Waals surface area contributed by atoms with E-state index in [0.717, 1.165) is 46.8 Å². The highest BCUT2D eigenvalue weighted by atomic mass is 16.5. The summed E-state index contributed by atoms with van der Waals surface area (Å²) in [7, 11) is 1.66. The Morgan fingerprint density at radius 1 is 1.11 bits per heavy atom. The summed E-state index contributed by atoms with van der Waals surface area (Å²) >= 11 is 0. The van der Waals surface area contributed by atoms with Gasteiger partial charge in [0.1, 0.15) is 18.0 Å². The molecule has 0 radical (unpaired) electrons. The van der Waals surface area contributed by atoms with Crippen molar-refractivity contribution in [3.8, 4) is 17.2 Å². The molecule has 1 N–H and O–H groups in total. The van der Waals surface area contributed by atoms with Crippen LogP contribution < -0.4 is 14.2 Å². The van der Waals surface area contributed by atoms with Crippen molar-refractivity contribution < 1.29 is 19.3 Å². The summed E-state index contributed by atoms with van der Waals surface area (Å²) in [5, 5.41) is 10.1. The maximum Gasteiger partial charge on any atom is 0.168 e. The van der Waals surface area contributed by atoms with Crippen molar-refractivity contribution in [2.75, 3.05) is 7.11 Å². The maximum absolute atomic E-state index is 10.1. The standard InChI is InChI=1S/C15H20O4/c1-7-5-10-12(9(3)16)13-11(6-8(2)18-13)14(17-4)15(10)19-7/h7-9,16H,5-6H2,1-4H3. The molecule has 0 fully saturated rings. The predicted molar refractivity (Wildman–Crippen MR) is 71.2 cm³/mol. The molecule has 0 spiro atoms. The third kappa shape index (κ3) is 1.77. The second-order valence-corrected chi connectivity index (χ2v) is 5.50. The van der Waals surface area contributed by atoms with E-state index in [4.69, 9.17) is 14.2 Å². The number of hydrogen-bond donors (Lipinski definition) is 1. The molecule has 0 saturated carbocycles. The zero-order valence-electron chi connectivity index (χ0n) is 11.8. The van der Waals surface area contributed by atoms with Gasteiger partial charge >= 0.3 is 0 Å². The van der Waals surface area contributed by atoms with E-state index in [2.05, 4.69) is 0 Å². The molecule has 0 aliphatic carbocycles. The third-order valence-corrected chi connectivity index (χ3v) is 3.84. The number of ether oxygens (including phenoxy) is 3. The minimum absolute atomic E-state index is 0.112. The Hall–Kier alpha value is -1.42. The largest absolute Gasteiger partial charge is 0.492 e. The van der Waals surface area contributed by atoms with Crippen LogP contribution in [-0.2, 0) is 12.8 Å². The molecule has 4 heteroatoms. The van der Waals surface area contributed by atoms with Crippen LogP contribution in [-0.4, -0.2) is 24.4 Å². The lowest BCUT2D eigenvalue weighted by Crippen LogP contribution is -2.08. The quantitative estimate of drug-likeness (QED) is 0.891. The van der Waals surface area contributed by atoms with Gasteiger partial charge in [-0.25, -0.2) is 0 Å². The Morgan fingerprint density at radius 3 is 2.26 bits per heavy atom. The predicted octanol–water partition coefficient (Wildman–Crippen LogP) is 2.40. The van der Waals surface area contributed by atoms with Crippen molar-refractivity contribution in [1.29, 1.82) is 0 Å². The van der Waals surface area contributed by atoms with Gasteiger partial charge in [0.25, 0.3) is 0 Å². The number of aliphatic hydroxyl groups is 1. The summed E-state index contributed by atoms with van der Waals surface area (Å²) in [6, 6.07) is 0. The minimum atomic E-state index is -0.562. The van der Waals surface area contributed by atoms with Crippen molar-refractivity contribution in [2.24, 2.45) is 0 Å². The van der Waals surface area contributed by atoms with Crippen molar-refractivity contribution in [3.05, 3.63) is 16.7 Å². The number of aliphatic hydroxyl groups excluding tert-OH is 1. The number of benzene rings is 1. The van der Waals surface area contributed by atoms with Crippen LogP contribution in [0.3, 0.4) is 0 Å². The molecular weight excluding hydrogens is 244 g/mol. The van der Waals surface area contributed by atoms with Crippen LogP contribution in [0.5, 0.6) is 17.2 Å². The van der Waals surface area contributed by atoms with Crippen molar-refractivity contribution in [1.82, 2.24) is 0 Å². The van der Waals surface area contributed by atoms with Gasteiger partial charge in [0.2, 0.25) is 0 Å². The van der Waals surface area contributed by atoms with Crippen molar-refractivity contribution in [2.45, 2.75) is 51.9 Å². The zero-order chi connectivity index (χ0) is 13.7. The highest BCUT2D eigenvalue weighted by Crippen LogP contribution is 2.52. The van der Waals surface area contributed by atoms with Gasteiger partial charge in [-0.3, -0.25) is 0 Å². The van der Waals surface area contributed by atoms with Crippen LogP contribution in [0.4, 0.5) is 0 Å². The maximum atomic E-state index is 10.1. The van der Waals surface area contributed by atoms with Gasteiger partial charge in [-0.05, 0) is 20.8 Å². The molecule has 3 atom stereocenters. The molecule has 3 rings (SSSR count). The van der Waals surface area contributed by atoms with Gasteiger partial charge in [0.05, 0.1) is 13.2 Å². The molecule has 19 heavy (non-hydrogen) atoms. The van der Waals surface area contributed by atoms with Crippen molar-refractivity contribution in [3.63, 3.8) is 0 Å². The van der Waals surface area contributed by atoms with Crippen LogP contribution in [0.25, 0.3) is 0 Å². The van der Waals surface area contributed by atoms with Crippen LogP contribution >= 0.6 is 0 Å². The first-order valence-corrected chi connectivity index (χ1v) is 6.79. The van der Waals surface area contributed by atoms with E-state index in [9.17, 15) is 5.11 Å². The fraction of sp³-hybridized carbons (Fsp3) is 0.600. The van der Waals surface area contributed by atoms with E-state index in [1.165, 1.54) is 0 Å². The Kier molecular flexibility index (Phi) is 2.86. The lowest BCUT2D eigenvalue weighted by molar-refractivity contribution is 0.186. The number of fused-ring (bicyclic) bond motifs is 2. The summed E-state index contributed by atoms with van der Waals surface area (Å²) in [5.41, 5.74) is 2.94. The molecule has 3 unspecified atom stereocenters. The Balaban J connectivity index is 2.27. The van der Waals surface area contributed by atoms with Gasteiger partial charge in [-0.15, -0.1) is 0 Å². The molecule has 4 nitrogen and oxygen atoms in total. The molecule has 0 amide bonds. The molecule has 1 aromatic carbocycles. The van der Waals surface area contributed by atoms with Gasteiger partial charge in [-0.2, -0.15) is 0 Å². The highest BCUT2D eigenvalue weighted by Gasteiger charge is 2.37. The van der Waals surface area contributed by atoms with Gasteiger partial charge in [0.15, 0.2) is 11.5 Å². The lowest BCUT2D eigenvalue weighted by atomic mass is 9.94. The fourth-order valence-electron chi connectivity index (χ4n) is 3.16. The summed E-state index contributed by atoms with van der Waals surface area (Å²) < 4.78 is 17.3. The molecule has 2 aliphatic heterocycles. The Morgan fingerprint density at radius 2 is 1.68 bits per heavy atom. The second kappa shape index (κ2) is 4.30. The van der Waals surface area contributed by atoms with E-state index in [-0.39, 0.29) is 12.2 Å². The fourth-order valence-corrected chi connectivity index (χ4v) is 3.16. The summed E-state index contributed by atoms with van der Waals surface area (Å²) in [6.07, 6.45) is 1.25. The molecule has 0 saturated heterocycles. The topological polar surface area (TPSA) is 47.9 Å². The third-order valence-electron chi connectivity index (χ3n) is 3.84. The Bertz CT molecular complexity index is 482. The van der Waals surface area contributed by atoms with E-state index >= 15 is 0 Å². The Labute approximate surface area is 113 Å². The molecule has 1 aromatic rings.